The van der Waals surface area contributed by atoms with Gasteiger partial charge in [0.25, 0.3) is 5.91 Å². The molecule has 4 aromatic rings. The summed E-state index contributed by atoms with van der Waals surface area (Å²) in [5.74, 6) is -0.647. The zero-order valence-electron chi connectivity index (χ0n) is 23.9. The first-order valence-corrected chi connectivity index (χ1v) is 13.8. The van der Waals surface area contributed by atoms with Gasteiger partial charge in [-0.05, 0) is 59.2 Å². The van der Waals surface area contributed by atoms with Gasteiger partial charge in [-0.1, -0.05) is 11.3 Å². The second-order valence-corrected chi connectivity index (χ2v) is 10.6. The van der Waals surface area contributed by atoms with Crippen molar-refractivity contribution in [3.05, 3.63) is 82.9 Å². The fourth-order valence-corrected chi connectivity index (χ4v) is 6.36. The molecule has 0 unspecified atom stereocenters. The van der Waals surface area contributed by atoms with Crippen molar-refractivity contribution in [2.24, 2.45) is 11.8 Å². The molecule has 1 N–H and O–H groups in total. The summed E-state index contributed by atoms with van der Waals surface area (Å²) in [5.41, 5.74) is 2.65. The molecule has 4 atom stereocenters. The van der Waals surface area contributed by atoms with Crippen LogP contribution in [0.5, 0.6) is 28.7 Å². The first kappa shape index (κ1) is 27.5. The van der Waals surface area contributed by atoms with E-state index in [4.69, 9.17) is 28.4 Å². The normalized spacial score (nSPS) is 21.2. The Labute approximate surface area is 250 Å². The number of cyclic esters (lactones) is 1. The van der Waals surface area contributed by atoms with E-state index in [0.717, 1.165) is 16.7 Å². The Hall–Kier alpha value is -5.33. The van der Waals surface area contributed by atoms with Gasteiger partial charge in [0.1, 0.15) is 5.82 Å². The lowest BCUT2D eigenvalue weighted by Crippen LogP contribution is -2.43. The number of hydrogen-bond acceptors (Lipinski definition) is 10. The van der Waals surface area contributed by atoms with E-state index in [2.05, 4.69) is 15.6 Å². The maximum Gasteiger partial charge on any atom is 0.310 e. The van der Waals surface area contributed by atoms with Crippen LogP contribution in [0.15, 0.2) is 54.7 Å². The first-order chi connectivity index (χ1) is 21.4. The Morgan fingerprint density at radius 2 is 1.70 bits per heavy atom. The average molecular weight is 603 g/mol. The number of rotatable bonds is 7. The molecule has 3 aromatic carbocycles. The van der Waals surface area contributed by atoms with Crippen molar-refractivity contribution in [3.63, 3.8) is 0 Å². The zero-order valence-corrected chi connectivity index (χ0v) is 23.9. The Kier molecular flexibility index (Phi) is 6.71. The molecular formula is C31H27FN4O8. The van der Waals surface area contributed by atoms with Crippen LogP contribution in [0.2, 0.25) is 0 Å². The molecule has 1 aliphatic carbocycles. The molecule has 2 aliphatic heterocycles. The van der Waals surface area contributed by atoms with Gasteiger partial charge in [0.05, 0.1) is 51.8 Å². The SMILES string of the molecule is COc1cc([C@@H]2c3cc4c(cc3[C@@H](NC(=O)c3cn(-c5cccc(F)c5)nn3)[C@H]3COC(=O)[C@H]23)OCO4)cc(OC)c1OC. The number of ether oxygens (including phenoxy) is 6. The molecule has 7 rings (SSSR count). The van der Waals surface area contributed by atoms with Crippen LogP contribution >= 0.6 is 0 Å². The van der Waals surface area contributed by atoms with E-state index in [1.54, 1.807) is 6.07 Å². The van der Waals surface area contributed by atoms with E-state index in [1.165, 1.54) is 50.4 Å². The van der Waals surface area contributed by atoms with E-state index in [-0.39, 0.29) is 19.1 Å². The number of methoxy groups -OCH3 is 3. The lowest BCUT2D eigenvalue weighted by molar-refractivity contribution is -0.141. The summed E-state index contributed by atoms with van der Waals surface area (Å²) in [6.07, 6.45) is 1.42. The second kappa shape index (κ2) is 10.7. The number of benzene rings is 3. The van der Waals surface area contributed by atoms with Gasteiger partial charge in [-0.25, -0.2) is 9.07 Å². The van der Waals surface area contributed by atoms with Gasteiger partial charge in [-0.3, -0.25) is 9.59 Å². The summed E-state index contributed by atoms with van der Waals surface area (Å²) in [5, 5.41) is 11.1. The topological polar surface area (TPSA) is 132 Å². The highest BCUT2D eigenvalue weighted by Crippen LogP contribution is 2.55. The third-order valence-electron chi connectivity index (χ3n) is 8.32. The third kappa shape index (κ3) is 4.43. The Balaban J connectivity index is 1.32. The molecule has 3 heterocycles. The number of nitrogens with zero attached hydrogens (tertiary/aromatic N) is 3. The predicted octanol–water partition coefficient (Wildman–Crippen LogP) is 3.57. The summed E-state index contributed by atoms with van der Waals surface area (Å²) in [7, 11) is 4.57. The van der Waals surface area contributed by atoms with Crippen LogP contribution in [-0.2, 0) is 9.53 Å². The number of aromatic nitrogens is 3. The first-order valence-electron chi connectivity index (χ1n) is 13.8. The second-order valence-electron chi connectivity index (χ2n) is 10.6. The van der Waals surface area contributed by atoms with Gasteiger partial charge in [0.2, 0.25) is 12.5 Å². The Morgan fingerprint density at radius 1 is 0.977 bits per heavy atom. The summed E-state index contributed by atoms with van der Waals surface area (Å²) in [6, 6.07) is 12.4. The smallest absolute Gasteiger partial charge is 0.310 e. The monoisotopic (exact) mass is 602 g/mol. The number of amides is 1. The quantitative estimate of drug-likeness (QED) is 0.313. The number of carbonyl (C=O) groups excluding carboxylic acids is 2. The van der Waals surface area contributed by atoms with Crippen LogP contribution < -0.4 is 29.0 Å². The van der Waals surface area contributed by atoms with Crippen LogP contribution in [-0.4, -0.2) is 61.6 Å². The van der Waals surface area contributed by atoms with Crippen molar-refractivity contribution >= 4 is 11.9 Å². The maximum atomic E-state index is 13.8. The predicted molar refractivity (Wildman–Crippen MR) is 150 cm³/mol. The van der Waals surface area contributed by atoms with E-state index >= 15 is 0 Å². The number of nitrogens with one attached hydrogen (secondary N) is 1. The van der Waals surface area contributed by atoms with E-state index in [1.807, 2.05) is 24.3 Å². The standard InChI is InChI=1S/C31H27FN4O8/c1-39-24-7-15(8-25(40-2)29(24)41-3)26-18-10-22-23(44-14-43-22)11-19(18)28(20-13-42-31(38)27(20)26)33-30(37)21-12-36(35-34-21)17-6-4-5-16(32)9-17/h4-12,20,26-28H,13-14H2,1-3H3,(H,33,37)/t20-,26+,27-,28+/m0/s1. The molecule has 0 saturated carbocycles. The highest BCUT2D eigenvalue weighted by Gasteiger charge is 2.53. The van der Waals surface area contributed by atoms with Gasteiger partial charge < -0.3 is 33.7 Å². The highest BCUT2D eigenvalue weighted by molar-refractivity contribution is 5.92. The van der Waals surface area contributed by atoms with E-state index in [0.29, 0.717) is 34.4 Å². The van der Waals surface area contributed by atoms with Gasteiger partial charge in [0.15, 0.2) is 28.7 Å². The molecule has 12 nitrogen and oxygen atoms in total. The van der Waals surface area contributed by atoms with Gasteiger partial charge >= 0.3 is 5.97 Å². The van der Waals surface area contributed by atoms with Crippen LogP contribution in [0.25, 0.3) is 5.69 Å². The molecular weight excluding hydrogens is 575 g/mol. The Bertz CT molecular complexity index is 1770. The fourth-order valence-electron chi connectivity index (χ4n) is 6.36. The number of halogens is 1. The molecule has 226 valence electrons. The minimum atomic E-state index is -0.668. The Morgan fingerprint density at radius 3 is 2.39 bits per heavy atom. The van der Waals surface area contributed by atoms with Crippen molar-refractivity contribution in [2.75, 3.05) is 34.7 Å². The summed E-state index contributed by atoms with van der Waals surface area (Å²) >= 11 is 0. The molecule has 3 aliphatic rings. The van der Waals surface area contributed by atoms with Gasteiger partial charge in [-0.2, -0.15) is 0 Å². The molecule has 13 heteroatoms. The molecule has 1 aromatic heterocycles. The lowest BCUT2D eigenvalue weighted by Gasteiger charge is -2.39. The molecule has 1 fully saturated rings. The number of esters is 1. The number of fused-ring (bicyclic) bond motifs is 3. The lowest BCUT2D eigenvalue weighted by atomic mass is 9.65. The molecule has 44 heavy (non-hydrogen) atoms. The van der Waals surface area contributed by atoms with Gasteiger partial charge in [-0.15, -0.1) is 5.10 Å². The van der Waals surface area contributed by atoms with Crippen LogP contribution in [0.3, 0.4) is 0 Å². The summed E-state index contributed by atoms with van der Waals surface area (Å²) in [6.45, 7) is 0.126. The van der Waals surface area contributed by atoms with Crippen molar-refractivity contribution in [2.45, 2.75) is 12.0 Å². The zero-order chi connectivity index (χ0) is 30.5. The maximum absolute atomic E-state index is 13.8. The highest BCUT2D eigenvalue weighted by atomic mass is 19.1. The van der Waals surface area contributed by atoms with Crippen molar-refractivity contribution in [3.8, 4) is 34.4 Å². The summed E-state index contributed by atoms with van der Waals surface area (Å²) < 4.78 is 48.9. The third-order valence-corrected chi connectivity index (χ3v) is 8.32. The number of carbonyl (C=O) groups is 2. The minimum Gasteiger partial charge on any atom is -0.493 e. The number of hydrogen-bond donors (Lipinski definition) is 1. The average Bonchev–Trinajstić information content (AvgIpc) is 3.80. The van der Waals surface area contributed by atoms with Crippen LogP contribution in [0.1, 0.15) is 39.1 Å². The minimum absolute atomic E-state index is 0.0186. The molecule has 1 saturated heterocycles. The van der Waals surface area contributed by atoms with Crippen molar-refractivity contribution in [1.82, 2.24) is 20.3 Å². The molecule has 1 amide bonds. The molecule has 0 radical (unpaired) electrons. The largest absolute Gasteiger partial charge is 0.493 e. The molecule has 0 bridgehead atoms. The van der Waals surface area contributed by atoms with E-state index < -0.39 is 41.5 Å². The summed E-state index contributed by atoms with van der Waals surface area (Å²) in [4.78, 5) is 27.0. The fraction of sp³-hybridized carbons (Fsp3) is 0.290. The van der Waals surface area contributed by atoms with Gasteiger partial charge in [0, 0.05) is 11.8 Å². The van der Waals surface area contributed by atoms with Crippen molar-refractivity contribution in [1.29, 1.82) is 0 Å². The van der Waals surface area contributed by atoms with Crippen LogP contribution in [0.4, 0.5) is 4.39 Å². The van der Waals surface area contributed by atoms with E-state index in [9.17, 15) is 14.0 Å². The molecule has 0 spiro atoms. The van der Waals surface area contributed by atoms with Crippen molar-refractivity contribution < 1.29 is 42.4 Å². The van der Waals surface area contributed by atoms with Crippen LogP contribution in [0, 0.1) is 17.7 Å².